The lowest BCUT2D eigenvalue weighted by atomic mass is 9.81. The summed E-state index contributed by atoms with van der Waals surface area (Å²) in [6.07, 6.45) is 4.14. The van der Waals surface area contributed by atoms with Gasteiger partial charge < -0.3 is 15.5 Å². The van der Waals surface area contributed by atoms with E-state index in [-0.39, 0.29) is 29.6 Å². The third kappa shape index (κ3) is 5.36. The molecular weight excluding hydrogens is 404 g/mol. The minimum Gasteiger partial charge on any atom is -0.349 e. The molecule has 2 N–H and O–H groups in total. The molecule has 0 saturated heterocycles. The third-order valence-electron chi connectivity index (χ3n) is 5.29. The van der Waals surface area contributed by atoms with Crippen LogP contribution in [0.5, 0.6) is 0 Å². The van der Waals surface area contributed by atoms with Crippen molar-refractivity contribution in [2.75, 3.05) is 24.7 Å². The number of anilines is 2. The molecule has 30 heavy (non-hydrogen) atoms. The predicted molar refractivity (Wildman–Crippen MR) is 116 cm³/mol. The Morgan fingerprint density at radius 3 is 2.27 bits per heavy atom. The molecular formula is C22H25ClN4O3. The quantitative estimate of drug-likeness (QED) is 0.757. The summed E-state index contributed by atoms with van der Waals surface area (Å²) < 4.78 is 0. The molecule has 3 amide bonds. The van der Waals surface area contributed by atoms with E-state index in [1.54, 1.807) is 55.4 Å². The van der Waals surface area contributed by atoms with Gasteiger partial charge in [0.25, 0.3) is 5.91 Å². The van der Waals surface area contributed by atoms with Crippen LogP contribution in [-0.4, -0.2) is 41.7 Å². The van der Waals surface area contributed by atoms with E-state index < -0.39 is 0 Å². The van der Waals surface area contributed by atoms with Gasteiger partial charge in [0.1, 0.15) is 5.82 Å². The van der Waals surface area contributed by atoms with Crippen LogP contribution in [0, 0.1) is 11.8 Å². The highest BCUT2D eigenvalue weighted by molar-refractivity contribution is 6.30. The Morgan fingerprint density at radius 2 is 1.63 bits per heavy atom. The van der Waals surface area contributed by atoms with Gasteiger partial charge in [-0.05, 0) is 49.9 Å². The molecule has 3 rings (SSSR count). The fourth-order valence-corrected chi connectivity index (χ4v) is 3.74. The zero-order chi connectivity index (χ0) is 21.7. The molecule has 0 unspecified atom stereocenters. The van der Waals surface area contributed by atoms with Crippen LogP contribution in [-0.2, 0) is 9.59 Å². The van der Waals surface area contributed by atoms with E-state index in [4.69, 9.17) is 11.6 Å². The van der Waals surface area contributed by atoms with Crippen molar-refractivity contribution in [2.24, 2.45) is 11.8 Å². The van der Waals surface area contributed by atoms with Gasteiger partial charge in [0.2, 0.25) is 11.8 Å². The Bertz CT molecular complexity index is 922. The number of para-hydroxylation sites is 1. The first kappa shape index (κ1) is 21.8. The van der Waals surface area contributed by atoms with Crippen molar-refractivity contribution in [3.63, 3.8) is 0 Å². The van der Waals surface area contributed by atoms with Crippen LogP contribution < -0.4 is 10.6 Å². The SMILES string of the molecule is CN(C)C(=O)[C@H]1CC[C@H](C(=O)Nc2ccccc2C(=O)Nc2ccc(Cl)cn2)CC1. The number of hydrogen-bond donors (Lipinski definition) is 2. The molecule has 158 valence electrons. The summed E-state index contributed by atoms with van der Waals surface area (Å²) in [6, 6.07) is 10.1. The molecule has 0 spiro atoms. The number of carbonyl (C=O) groups excluding carboxylic acids is 3. The van der Waals surface area contributed by atoms with E-state index in [1.165, 1.54) is 6.20 Å². The van der Waals surface area contributed by atoms with Gasteiger partial charge >= 0.3 is 0 Å². The van der Waals surface area contributed by atoms with Crippen LogP contribution in [0.3, 0.4) is 0 Å². The lowest BCUT2D eigenvalue weighted by molar-refractivity contribution is -0.135. The molecule has 1 fully saturated rings. The lowest BCUT2D eigenvalue weighted by Crippen LogP contribution is -2.35. The van der Waals surface area contributed by atoms with Gasteiger partial charge in [-0.3, -0.25) is 14.4 Å². The Morgan fingerprint density at radius 1 is 0.967 bits per heavy atom. The number of carbonyl (C=O) groups is 3. The fourth-order valence-electron chi connectivity index (χ4n) is 3.63. The van der Waals surface area contributed by atoms with Crippen LogP contribution in [0.2, 0.25) is 5.02 Å². The van der Waals surface area contributed by atoms with Crippen molar-refractivity contribution in [1.82, 2.24) is 9.88 Å². The number of rotatable bonds is 5. The molecule has 1 aliphatic rings. The summed E-state index contributed by atoms with van der Waals surface area (Å²) in [5, 5.41) is 6.07. The Kier molecular flexibility index (Phi) is 7.05. The maximum Gasteiger partial charge on any atom is 0.258 e. The van der Waals surface area contributed by atoms with Gasteiger partial charge in [-0.25, -0.2) is 4.98 Å². The van der Waals surface area contributed by atoms with Gasteiger partial charge in [-0.1, -0.05) is 23.7 Å². The average molecular weight is 429 g/mol. The zero-order valence-corrected chi connectivity index (χ0v) is 17.8. The highest BCUT2D eigenvalue weighted by Gasteiger charge is 2.31. The first-order valence-corrected chi connectivity index (χ1v) is 10.3. The van der Waals surface area contributed by atoms with E-state index >= 15 is 0 Å². The molecule has 0 bridgehead atoms. The topological polar surface area (TPSA) is 91.4 Å². The number of nitrogens with one attached hydrogen (secondary N) is 2. The standard InChI is InChI=1S/C22H25ClN4O3/c1-27(2)22(30)15-9-7-14(8-10-15)20(28)25-18-6-4-3-5-17(18)21(29)26-19-12-11-16(23)13-24-19/h3-6,11-15H,7-10H2,1-2H3,(H,25,28)(H,24,26,29)/t14-,15-. The van der Waals surface area contributed by atoms with Crippen LogP contribution in [0.25, 0.3) is 0 Å². The largest absolute Gasteiger partial charge is 0.349 e. The Hall–Kier alpha value is -2.93. The second-order valence-corrected chi connectivity index (χ2v) is 8.07. The third-order valence-corrected chi connectivity index (χ3v) is 5.51. The average Bonchev–Trinajstić information content (AvgIpc) is 2.75. The number of halogens is 1. The van der Waals surface area contributed by atoms with Gasteiger partial charge in [-0.2, -0.15) is 0 Å². The molecule has 1 saturated carbocycles. The normalized spacial score (nSPS) is 18.4. The van der Waals surface area contributed by atoms with Gasteiger partial charge in [0, 0.05) is 32.1 Å². The van der Waals surface area contributed by atoms with E-state index in [0.717, 1.165) is 0 Å². The second-order valence-electron chi connectivity index (χ2n) is 7.63. The summed E-state index contributed by atoms with van der Waals surface area (Å²) in [6.45, 7) is 0. The molecule has 0 aliphatic heterocycles. The highest BCUT2D eigenvalue weighted by Crippen LogP contribution is 2.31. The summed E-state index contributed by atoms with van der Waals surface area (Å²) in [5.41, 5.74) is 0.791. The molecule has 1 aromatic carbocycles. The monoisotopic (exact) mass is 428 g/mol. The van der Waals surface area contributed by atoms with Gasteiger partial charge in [0.05, 0.1) is 16.3 Å². The smallest absolute Gasteiger partial charge is 0.258 e. The van der Waals surface area contributed by atoms with Crippen LogP contribution in [0.15, 0.2) is 42.6 Å². The minimum absolute atomic E-state index is 0.0195. The number of hydrogen-bond acceptors (Lipinski definition) is 4. The summed E-state index contributed by atoms with van der Waals surface area (Å²) >= 11 is 5.82. The van der Waals surface area contributed by atoms with Crippen molar-refractivity contribution in [2.45, 2.75) is 25.7 Å². The Balaban J connectivity index is 1.63. The summed E-state index contributed by atoms with van der Waals surface area (Å²) in [5.74, 6) is -0.211. The zero-order valence-electron chi connectivity index (χ0n) is 17.0. The molecule has 1 heterocycles. The second kappa shape index (κ2) is 9.71. The number of benzene rings is 1. The number of amides is 3. The first-order valence-electron chi connectivity index (χ1n) is 9.89. The van der Waals surface area contributed by atoms with Crippen molar-refractivity contribution in [3.05, 3.63) is 53.2 Å². The van der Waals surface area contributed by atoms with Crippen LogP contribution in [0.1, 0.15) is 36.0 Å². The lowest BCUT2D eigenvalue weighted by Gasteiger charge is -2.28. The van der Waals surface area contributed by atoms with Crippen molar-refractivity contribution in [3.8, 4) is 0 Å². The van der Waals surface area contributed by atoms with Gasteiger partial charge in [-0.15, -0.1) is 0 Å². The first-order chi connectivity index (χ1) is 14.3. The van der Waals surface area contributed by atoms with Gasteiger partial charge in [0.15, 0.2) is 0 Å². The molecule has 8 heteroatoms. The molecule has 2 aromatic rings. The highest BCUT2D eigenvalue weighted by atomic mass is 35.5. The predicted octanol–water partition coefficient (Wildman–Crippen LogP) is 3.82. The molecule has 1 aliphatic carbocycles. The minimum atomic E-state index is -0.374. The van der Waals surface area contributed by atoms with Crippen molar-refractivity contribution in [1.29, 1.82) is 0 Å². The molecule has 1 aromatic heterocycles. The summed E-state index contributed by atoms with van der Waals surface area (Å²) in [4.78, 5) is 43.3. The van der Waals surface area contributed by atoms with Crippen LogP contribution >= 0.6 is 11.6 Å². The van der Waals surface area contributed by atoms with Crippen LogP contribution in [0.4, 0.5) is 11.5 Å². The summed E-state index contributed by atoms with van der Waals surface area (Å²) in [7, 11) is 3.51. The van der Waals surface area contributed by atoms with Crippen molar-refractivity contribution < 1.29 is 14.4 Å². The number of nitrogens with zero attached hydrogens (tertiary/aromatic N) is 2. The maximum atomic E-state index is 12.8. The molecule has 0 atom stereocenters. The molecule has 7 nitrogen and oxygen atoms in total. The van der Waals surface area contributed by atoms with E-state index in [2.05, 4.69) is 15.6 Å². The Labute approximate surface area is 180 Å². The maximum absolute atomic E-state index is 12.8. The number of aromatic nitrogens is 1. The van der Waals surface area contributed by atoms with E-state index in [0.29, 0.717) is 47.8 Å². The molecule has 0 radical (unpaired) electrons. The van der Waals surface area contributed by atoms with E-state index in [9.17, 15) is 14.4 Å². The number of pyridine rings is 1. The fraction of sp³-hybridized carbons (Fsp3) is 0.364. The van der Waals surface area contributed by atoms with Crippen molar-refractivity contribution >= 4 is 40.8 Å². The van der Waals surface area contributed by atoms with E-state index in [1.807, 2.05) is 0 Å².